The number of rotatable bonds is 5. The number of anilines is 2. The highest BCUT2D eigenvalue weighted by Gasteiger charge is 2.18. The quantitative estimate of drug-likeness (QED) is 0.836. The van der Waals surface area contributed by atoms with Gasteiger partial charge in [-0.2, -0.15) is 0 Å². The van der Waals surface area contributed by atoms with Gasteiger partial charge in [0.25, 0.3) is 10.0 Å². The molecule has 2 N–H and O–H groups in total. The van der Waals surface area contributed by atoms with Crippen LogP contribution in [0.2, 0.25) is 5.02 Å². The highest BCUT2D eigenvalue weighted by molar-refractivity contribution is 7.93. The van der Waals surface area contributed by atoms with Crippen molar-refractivity contribution < 1.29 is 21.2 Å². The van der Waals surface area contributed by atoms with Gasteiger partial charge in [0.1, 0.15) is 5.82 Å². The van der Waals surface area contributed by atoms with Crippen molar-refractivity contribution in [2.45, 2.75) is 4.90 Å². The Labute approximate surface area is 138 Å². The van der Waals surface area contributed by atoms with E-state index in [1.54, 1.807) is 6.07 Å². The zero-order chi connectivity index (χ0) is 17.3. The predicted octanol–water partition coefficient (Wildman–Crippen LogP) is 2.65. The molecule has 0 aliphatic carbocycles. The van der Waals surface area contributed by atoms with Crippen LogP contribution in [0.5, 0.6) is 0 Å². The number of hydrogen-bond acceptors (Lipinski definition) is 4. The number of halogens is 2. The fraction of sp³-hybridized carbons (Fsp3) is 0.0769. The largest absolute Gasteiger partial charge is 0.282 e. The van der Waals surface area contributed by atoms with Crippen LogP contribution < -0.4 is 9.44 Å². The first kappa shape index (κ1) is 17.5. The summed E-state index contributed by atoms with van der Waals surface area (Å²) in [6, 6.07) is 8.80. The fourth-order valence-corrected chi connectivity index (χ4v) is 3.64. The highest BCUT2D eigenvalue weighted by Crippen LogP contribution is 2.26. The third-order valence-electron chi connectivity index (χ3n) is 2.67. The molecule has 0 amide bonds. The molecule has 2 aromatic rings. The number of benzene rings is 2. The van der Waals surface area contributed by atoms with Crippen LogP contribution in [0.4, 0.5) is 15.8 Å². The van der Waals surface area contributed by atoms with Gasteiger partial charge in [-0.25, -0.2) is 21.2 Å². The first-order chi connectivity index (χ1) is 10.6. The summed E-state index contributed by atoms with van der Waals surface area (Å²) in [7, 11) is -7.65. The van der Waals surface area contributed by atoms with Gasteiger partial charge in [0.2, 0.25) is 10.0 Å². The molecule has 23 heavy (non-hydrogen) atoms. The van der Waals surface area contributed by atoms with Crippen molar-refractivity contribution in [1.82, 2.24) is 0 Å². The van der Waals surface area contributed by atoms with Crippen molar-refractivity contribution in [3.8, 4) is 0 Å². The Balaban J connectivity index is 2.40. The molecule has 0 heterocycles. The van der Waals surface area contributed by atoms with E-state index < -0.39 is 25.9 Å². The Morgan fingerprint density at radius 2 is 1.52 bits per heavy atom. The van der Waals surface area contributed by atoms with Gasteiger partial charge in [-0.15, -0.1) is 0 Å². The standard InChI is InChI=1S/C13H12ClFN2O4S2/c1-22(18,19)16-12-4-2-3-5-13(12)17-23(20,21)9-6-7-11(15)10(14)8-9/h2-8,16-17H,1H3. The normalized spacial score (nSPS) is 12.0. The molecule has 0 unspecified atom stereocenters. The van der Waals surface area contributed by atoms with Crippen molar-refractivity contribution in [2.75, 3.05) is 15.7 Å². The summed E-state index contributed by atoms with van der Waals surface area (Å²) < 4.78 is 64.9. The molecule has 0 aromatic heterocycles. The van der Waals surface area contributed by atoms with Crippen LogP contribution in [0.15, 0.2) is 47.4 Å². The first-order valence-corrected chi connectivity index (χ1v) is 9.88. The molecule has 2 aromatic carbocycles. The van der Waals surface area contributed by atoms with Crippen LogP contribution in [0.25, 0.3) is 0 Å². The van der Waals surface area contributed by atoms with Gasteiger partial charge >= 0.3 is 0 Å². The summed E-state index contributed by atoms with van der Waals surface area (Å²) in [5, 5.41) is -0.338. The summed E-state index contributed by atoms with van der Waals surface area (Å²) in [6.07, 6.45) is 0.942. The van der Waals surface area contributed by atoms with Gasteiger partial charge in [0, 0.05) is 0 Å². The van der Waals surface area contributed by atoms with E-state index in [0.717, 1.165) is 24.5 Å². The minimum atomic E-state index is -4.07. The van der Waals surface area contributed by atoms with E-state index in [9.17, 15) is 21.2 Å². The van der Waals surface area contributed by atoms with Gasteiger partial charge in [-0.05, 0) is 30.3 Å². The van der Waals surface area contributed by atoms with E-state index in [1.165, 1.54) is 18.2 Å². The molecule has 2 rings (SSSR count). The lowest BCUT2D eigenvalue weighted by molar-refractivity contribution is 0.599. The molecular formula is C13H12ClFN2O4S2. The number of nitrogens with one attached hydrogen (secondary N) is 2. The number of hydrogen-bond donors (Lipinski definition) is 2. The average Bonchev–Trinajstić information content (AvgIpc) is 2.42. The van der Waals surface area contributed by atoms with Crippen LogP contribution >= 0.6 is 11.6 Å². The van der Waals surface area contributed by atoms with Crippen LogP contribution in [-0.2, 0) is 20.0 Å². The summed E-state index contributed by atoms with van der Waals surface area (Å²) in [4.78, 5) is -0.252. The van der Waals surface area contributed by atoms with E-state index >= 15 is 0 Å². The second-order valence-corrected chi connectivity index (χ2v) is 8.44. The minimum Gasteiger partial charge on any atom is -0.282 e. The Morgan fingerprint density at radius 3 is 2.04 bits per heavy atom. The van der Waals surface area contributed by atoms with Crippen molar-refractivity contribution in [1.29, 1.82) is 0 Å². The maximum atomic E-state index is 13.1. The average molecular weight is 379 g/mol. The molecule has 10 heteroatoms. The van der Waals surface area contributed by atoms with E-state index in [2.05, 4.69) is 9.44 Å². The maximum Gasteiger partial charge on any atom is 0.262 e. The van der Waals surface area contributed by atoms with Crippen LogP contribution in [0, 0.1) is 5.82 Å². The van der Waals surface area contributed by atoms with Crippen LogP contribution in [0.3, 0.4) is 0 Å². The van der Waals surface area contributed by atoms with Gasteiger partial charge in [0.15, 0.2) is 0 Å². The molecule has 0 aliphatic heterocycles. The molecule has 0 saturated heterocycles. The third-order valence-corrected chi connectivity index (χ3v) is 4.91. The van der Waals surface area contributed by atoms with Crippen LogP contribution in [0.1, 0.15) is 0 Å². The molecule has 0 atom stereocenters. The molecule has 0 saturated carbocycles. The van der Waals surface area contributed by atoms with Crippen molar-refractivity contribution in [2.24, 2.45) is 0 Å². The monoisotopic (exact) mass is 378 g/mol. The van der Waals surface area contributed by atoms with E-state index in [-0.39, 0.29) is 21.3 Å². The lowest BCUT2D eigenvalue weighted by Crippen LogP contribution is -2.16. The summed E-state index contributed by atoms with van der Waals surface area (Å²) >= 11 is 5.58. The molecule has 0 spiro atoms. The molecule has 0 bridgehead atoms. The molecule has 0 radical (unpaired) electrons. The van der Waals surface area contributed by atoms with Crippen LogP contribution in [-0.4, -0.2) is 23.1 Å². The maximum absolute atomic E-state index is 13.1. The Bertz CT molecular complexity index is 946. The fourth-order valence-electron chi connectivity index (χ4n) is 1.71. The minimum absolute atomic E-state index is 0.0263. The summed E-state index contributed by atoms with van der Waals surface area (Å²) in [6.45, 7) is 0. The lowest BCUT2D eigenvalue weighted by Gasteiger charge is -2.13. The van der Waals surface area contributed by atoms with Gasteiger partial charge in [0.05, 0.1) is 27.5 Å². The van der Waals surface area contributed by atoms with Gasteiger partial charge in [-0.3, -0.25) is 9.44 Å². The lowest BCUT2D eigenvalue weighted by atomic mass is 10.3. The molecular weight excluding hydrogens is 367 g/mol. The zero-order valence-electron chi connectivity index (χ0n) is 11.7. The zero-order valence-corrected chi connectivity index (χ0v) is 14.1. The van der Waals surface area contributed by atoms with Crippen molar-refractivity contribution >= 4 is 43.0 Å². The second-order valence-electron chi connectivity index (χ2n) is 4.60. The van der Waals surface area contributed by atoms with Gasteiger partial charge < -0.3 is 0 Å². The Kier molecular flexibility index (Phi) is 4.83. The first-order valence-electron chi connectivity index (χ1n) is 6.13. The van der Waals surface area contributed by atoms with E-state index in [4.69, 9.17) is 11.6 Å². The highest BCUT2D eigenvalue weighted by atomic mass is 35.5. The predicted molar refractivity (Wildman–Crippen MR) is 87.1 cm³/mol. The Hall–Kier alpha value is -1.84. The van der Waals surface area contributed by atoms with Crippen molar-refractivity contribution in [3.63, 3.8) is 0 Å². The molecule has 124 valence electrons. The van der Waals surface area contributed by atoms with Crippen molar-refractivity contribution in [3.05, 3.63) is 53.3 Å². The van der Waals surface area contributed by atoms with E-state index in [0.29, 0.717) is 0 Å². The Morgan fingerprint density at radius 1 is 0.957 bits per heavy atom. The summed E-state index contributed by atoms with van der Waals surface area (Å²) in [5.74, 6) is -0.746. The third kappa shape index (κ3) is 4.57. The summed E-state index contributed by atoms with van der Waals surface area (Å²) in [5.41, 5.74) is 0.0881. The van der Waals surface area contributed by atoms with E-state index in [1.807, 2.05) is 0 Å². The SMILES string of the molecule is CS(=O)(=O)Nc1ccccc1NS(=O)(=O)c1ccc(F)c(Cl)c1. The molecule has 6 nitrogen and oxygen atoms in total. The molecule has 0 fully saturated rings. The second kappa shape index (κ2) is 6.34. The smallest absolute Gasteiger partial charge is 0.262 e. The number of sulfonamides is 2. The molecule has 0 aliphatic rings. The number of para-hydroxylation sites is 2. The van der Waals surface area contributed by atoms with Gasteiger partial charge in [-0.1, -0.05) is 23.7 Å². The topological polar surface area (TPSA) is 92.3 Å².